The maximum Gasteiger partial charge on any atom is 0.0979 e. The molecule has 0 aromatic carbocycles. The van der Waals surface area contributed by atoms with Crippen LogP contribution in [0.4, 0.5) is 0 Å². The van der Waals surface area contributed by atoms with Crippen molar-refractivity contribution in [1.29, 1.82) is 0 Å². The van der Waals surface area contributed by atoms with Gasteiger partial charge < -0.3 is 0 Å². The third kappa shape index (κ3) is 2.40. The molecular formula is C9H22N4. The second-order valence-corrected chi connectivity index (χ2v) is 4.74. The van der Waals surface area contributed by atoms with Crippen LogP contribution in [0, 0.1) is 0 Å². The molecule has 78 valence electrons. The van der Waals surface area contributed by atoms with Gasteiger partial charge in [-0.2, -0.15) is 0 Å². The summed E-state index contributed by atoms with van der Waals surface area (Å²) in [7, 11) is 8.40. The molecule has 1 heterocycles. The number of hydrogen-bond donors (Lipinski definition) is 0. The fraction of sp³-hybridized carbons (Fsp3) is 1.00. The third-order valence-corrected chi connectivity index (χ3v) is 2.35. The van der Waals surface area contributed by atoms with Gasteiger partial charge in [0.2, 0.25) is 0 Å². The zero-order chi connectivity index (χ0) is 10.2. The van der Waals surface area contributed by atoms with E-state index in [1.54, 1.807) is 0 Å². The molecule has 2 unspecified atom stereocenters. The predicted octanol–water partition coefficient (Wildman–Crippen LogP) is 0.293. The highest BCUT2D eigenvalue weighted by Crippen LogP contribution is 2.37. The van der Waals surface area contributed by atoms with E-state index >= 15 is 0 Å². The van der Waals surface area contributed by atoms with Crippen LogP contribution in [-0.2, 0) is 0 Å². The Kier molecular flexibility index (Phi) is 2.97. The number of rotatable bonds is 4. The summed E-state index contributed by atoms with van der Waals surface area (Å²) in [5, 5.41) is 4.74. The zero-order valence-electron chi connectivity index (χ0n) is 9.70. The summed E-state index contributed by atoms with van der Waals surface area (Å²) in [6.45, 7) is 6.50. The van der Waals surface area contributed by atoms with Gasteiger partial charge in [0, 0.05) is 0 Å². The van der Waals surface area contributed by atoms with Crippen LogP contribution in [-0.4, -0.2) is 67.0 Å². The summed E-state index contributed by atoms with van der Waals surface area (Å²) in [4.78, 5) is 4.38. The Hall–Kier alpha value is -0.160. The smallest absolute Gasteiger partial charge is 0.0979 e. The molecule has 1 fully saturated rings. The fourth-order valence-corrected chi connectivity index (χ4v) is 1.53. The lowest BCUT2D eigenvalue weighted by Gasteiger charge is -2.13. The number of hydrogen-bond acceptors (Lipinski definition) is 4. The summed E-state index contributed by atoms with van der Waals surface area (Å²) < 4.78 is 0. The van der Waals surface area contributed by atoms with E-state index in [9.17, 15) is 0 Å². The van der Waals surface area contributed by atoms with Crippen molar-refractivity contribution in [3.05, 3.63) is 0 Å². The molecule has 1 aliphatic rings. The van der Waals surface area contributed by atoms with Crippen LogP contribution in [0.3, 0.4) is 0 Å². The molecule has 0 saturated carbocycles. The van der Waals surface area contributed by atoms with E-state index in [1.165, 1.54) is 0 Å². The average Bonchev–Trinajstić information content (AvgIpc) is 2.36. The SMILES string of the molecule is CN(C)CN1N(CN(C)C)C1(C)C. The van der Waals surface area contributed by atoms with Gasteiger partial charge in [0.15, 0.2) is 0 Å². The van der Waals surface area contributed by atoms with Gasteiger partial charge in [0.25, 0.3) is 0 Å². The summed E-state index contributed by atoms with van der Waals surface area (Å²) in [6, 6.07) is 0. The first kappa shape index (κ1) is 10.9. The normalized spacial score (nSPS) is 31.4. The predicted molar refractivity (Wildman–Crippen MR) is 54.9 cm³/mol. The van der Waals surface area contributed by atoms with Crippen molar-refractivity contribution < 1.29 is 0 Å². The Balaban J connectivity index is 2.41. The molecule has 1 rings (SSSR count). The minimum absolute atomic E-state index is 0.231. The minimum Gasteiger partial charge on any atom is -0.295 e. The Morgan fingerprint density at radius 1 is 0.846 bits per heavy atom. The van der Waals surface area contributed by atoms with Gasteiger partial charge in [0.05, 0.1) is 19.0 Å². The van der Waals surface area contributed by atoms with Gasteiger partial charge in [-0.3, -0.25) is 9.80 Å². The summed E-state index contributed by atoms with van der Waals surface area (Å²) >= 11 is 0. The van der Waals surface area contributed by atoms with Crippen LogP contribution in [0.2, 0.25) is 0 Å². The van der Waals surface area contributed by atoms with Gasteiger partial charge in [-0.15, -0.1) is 0 Å². The minimum atomic E-state index is 0.231. The highest BCUT2D eigenvalue weighted by Gasteiger charge is 2.53. The molecule has 0 spiro atoms. The second kappa shape index (κ2) is 3.53. The highest BCUT2D eigenvalue weighted by molar-refractivity contribution is 4.92. The Labute approximate surface area is 81.7 Å². The van der Waals surface area contributed by atoms with Crippen LogP contribution in [0.5, 0.6) is 0 Å². The molecule has 0 aliphatic carbocycles. The van der Waals surface area contributed by atoms with E-state index in [4.69, 9.17) is 0 Å². The lowest BCUT2D eigenvalue weighted by atomic mass is 10.3. The largest absolute Gasteiger partial charge is 0.295 e. The summed E-state index contributed by atoms with van der Waals surface area (Å²) in [5.41, 5.74) is 0.231. The average molecular weight is 186 g/mol. The number of nitrogens with zero attached hydrogens (tertiary/aromatic N) is 4. The van der Waals surface area contributed by atoms with Gasteiger partial charge in [-0.1, -0.05) is 0 Å². The van der Waals surface area contributed by atoms with Crippen molar-refractivity contribution in [2.45, 2.75) is 19.5 Å². The molecule has 0 bridgehead atoms. The van der Waals surface area contributed by atoms with E-state index in [-0.39, 0.29) is 5.66 Å². The van der Waals surface area contributed by atoms with Gasteiger partial charge in [-0.25, -0.2) is 10.0 Å². The summed E-state index contributed by atoms with van der Waals surface area (Å²) in [6.07, 6.45) is 0. The van der Waals surface area contributed by atoms with Gasteiger partial charge >= 0.3 is 0 Å². The maximum absolute atomic E-state index is 2.37. The molecule has 4 heteroatoms. The van der Waals surface area contributed by atoms with E-state index in [1.807, 2.05) is 0 Å². The molecule has 0 N–H and O–H groups in total. The Bertz CT molecular complexity index is 158. The molecule has 0 aromatic rings. The molecule has 13 heavy (non-hydrogen) atoms. The van der Waals surface area contributed by atoms with Crippen molar-refractivity contribution in [3.8, 4) is 0 Å². The standard InChI is InChI=1S/C9H22N4/c1-9(2)12(7-10(3)4)13(9)8-11(5)6/h7-8H2,1-6H3. The van der Waals surface area contributed by atoms with Crippen molar-refractivity contribution in [3.63, 3.8) is 0 Å². The molecule has 1 saturated heterocycles. The lowest BCUT2D eigenvalue weighted by Crippen LogP contribution is -2.27. The molecule has 1 aliphatic heterocycles. The first-order valence-electron chi connectivity index (χ1n) is 4.70. The quantitative estimate of drug-likeness (QED) is 0.585. The van der Waals surface area contributed by atoms with Crippen molar-refractivity contribution >= 4 is 0 Å². The van der Waals surface area contributed by atoms with Crippen molar-refractivity contribution in [2.75, 3.05) is 41.5 Å². The molecule has 2 atom stereocenters. The zero-order valence-corrected chi connectivity index (χ0v) is 9.70. The Morgan fingerprint density at radius 3 is 1.38 bits per heavy atom. The molecule has 4 nitrogen and oxygen atoms in total. The maximum atomic E-state index is 2.37. The molecule has 0 amide bonds. The highest BCUT2D eigenvalue weighted by atomic mass is 15.9. The van der Waals surface area contributed by atoms with Crippen LogP contribution in [0.15, 0.2) is 0 Å². The topological polar surface area (TPSA) is 12.5 Å². The van der Waals surface area contributed by atoms with E-state index in [2.05, 4.69) is 61.9 Å². The molecule has 0 radical (unpaired) electrons. The number of hydrazine groups is 1. The fourth-order valence-electron chi connectivity index (χ4n) is 1.53. The van der Waals surface area contributed by atoms with E-state index in [0.717, 1.165) is 13.3 Å². The molecular weight excluding hydrogens is 164 g/mol. The Morgan fingerprint density at radius 2 is 1.15 bits per heavy atom. The van der Waals surface area contributed by atoms with E-state index < -0.39 is 0 Å². The first-order chi connectivity index (χ1) is 5.85. The molecule has 0 aromatic heterocycles. The first-order valence-corrected chi connectivity index (χ1v) is 4.70. The van der Waals surface area contributed by atoms with Gasteiger partial charge in [0.1, 0.15) is 0 Å². The monoisotopic (exact) mass is 186 g/mol. The van der Waals surface area contributed by atoms with Crippen LogP contribution < -0.4 is 0 Å². The third-order valence-electron chi connectivity index (χ3n) is 2.35. The van der Waals surface area contributed by atoms with Gasteiger partial charge in [-0.05, 0) is 42.0 Å². The van der Waals surface area contributed by atoms with Crippen molar-refractivity contribution in [2.24, 2.45) is 0 Å². The summed E-state index contributed by atoms with van der Waals surface area (Å²) in [5.74, 6) is 0. The van der Waals surface area contributed by atoms with Crippen molar-refractivity contribution in [1.82, 2.24) is 19.8 Å². The van der Waals surface area contributed by atoms with Crippen LogP contribution in [0.25, 0.3) is 0 Å². The lowest BCUT2D eigenvalue weighted by molar-refractivity contribution is 0.165. The van der Waals surface area contributed by atoms with Crippen LogP contribution in [0.1, 0.15) is 13.8 Å². The second-order valence-electron chi connectivity index (χ2n) is 4.74. The van der Waals surface area contributed by atoms with E-state index in [0.29, 0.717) is 0 Å². The van der Waals surface area contributed by atoms with Crippen LogP contribution >= 0.6 is 0 Å².